The van der Waals surface area contributed by atoms with Gasteiger partial charge in [-0.2, -0.15) is 0 Å². The Morgan fingerprint density at radius 2 is 0.898 bits per heavy atom. The van der Waals surface area contributed by atoms with Gasteiger partial charge in [0.2, 0.25) is 11.6 Å². The van der Waals surface area contributed by atoms with Crippen molar-refractivity contribution in [1.82, 2.24) is 0 Å². The third-order valence-electron chi connectivity index (χ3n) is 11.4. The largest absolute Gasteiger partial charge is 0.450 e. The minimum atomic E-state index is -2.62. The van der Waals surface area contributed by atoms with Crippen LogP contribution in [-0.4, -0.2) is 134 Å². The second-order valence-corrected chi connectivity index (χ2v) is 15.0. The summed E-state index contributed by atoms with van der Waals surface area (Å²) in [5.74, 6) is -10.4. The van der Waals surface area contributed by atoms with Gasteiger partial charge < -0.3 is 70.0 Å². The lowest BCUT2D eigenvalue weighted by Crippen LogP contribution is -2.85. The fraction of sp³-hybridized carbons (Fsp3) is 0.971. The van der Waals surface area contributed by atoms with E-state index in [0.29, 0.717) is 12.8 Å². The molecule has 0 amide bonds. The number of hydrogen-bond donors (Lipinski definition) is 10. The highest BCUT2D eigenvalue weighted by Crippen LogP contribution is 2.54. The predicted molar refractivity (Wildman–Crippen MR) is 176 cm³/mol. The number of carbonyl (C=O) groups excluding carboxylic acids is 1. The van der Waals surface area contributed by atoms with Crippen molar-refractivity contribution < 1.29 is 74.8 Å². The molecule has 2 aliphatic heterocycles. The van der Waals surface area contributed by atoms with Gasteiger partial charge in [0.05, 0.1) is 0 Å². The second kappa shape index (κ2) is 15.9. The molecule has 0 saturated carbocycles. The van der Waals surface area contributed by atoms with Crippen LogP contribution >= 0.6 is 0 Å². The van der Waals surface area contributed by atoms with E-state index in [1.54, 1.807) is 0 Å². The smallest absolute Gasteiger partial charge is 0.306 e. The molecule has 0 radical (unpaired) electrons. The van der Waals surface area contributed by atoms with Crippen LogP contribution in [0.3, 0.4) is 0 Å². The average Bonchev–Trinajstić information content (AvgIpc) is 2.98. The van der Waals surface area contributed by atoms with Gasteiger partial charge in [-0.25, -0.2) is 0 Å². The summed E-state index contributed by atoms with van der Waals surface area (Å²) < 4.78 is 21.4. The maximum absolute atomic E-state index is 12.2. The fourth-order valence-corrected chi connectivity index (χ4v) is 6.40. The van der Waals surface area contributed by atoms with Crippen molar-refractivity contribution in [2.24, 2.45) is 0 Å². The topological polar surface area (TPSA) is 256 Å². The second-order valence-electron chi connectivity index (χ2n) is 15.0. The molecule has 0 bridgehead atoms. The molecule has 0 aromatic carbocycles. The van der Waals surface area contributed by atoms with Crippen molar-refractivity contribution in [1.29, 1.82) is 0 Å². The first-order valence-electron chi connectivity index (χ1n) is 17.3. The molecule has 2 fully saturated rings. The first-order valence-corrected chi connectivity index (χ1v) is 17.3. The summed E-state index contributed by atoms with van der Waals surface area (Å²) in [6.45, 7) is 11.7. The zero-order chi connectivity index (χ0) is 38.6. The van der Waals surface area contributed by atoms with Crippen molar-refractivity contribution in [3.8, 4) is 0 Å². The van der Waals surface area contributed by atoms with Crippen molar-refractivity contribution in [2.75, 3.05) is 19.8 Å². The van der Waals surface area contributed by atoms with Crippen molar-refractivity contribution in [3.05, 3.63) is 0 Å². The number of unbranched alkanes of at least 4 members (excludes halogenated alkanes) is 7. The number of esters is 1. The molecule has 4 unspecified atom stereocenters. The fourth-order valence-electron chi connectivity index (χ4n) is 6.40. The Labute approximate surface area is 290 Å². The van der Waals surface area contributed by atoms with E-state index in [1.807, 2.05) is 6.92 Å². The van der Waals surface area contributed by atoms with Gasteiger partial charge in [-0.15, -0.1) is 0 Å². The molecule has 0 aromatic heterocycles. The molecule has 10 atom stereocenters. The van der Waals surface area contributed by atoms with E-state index in [9.17, 15) is 55.9 Å². The van der Waals surface area contributed by atoms with Gasteiger partial charge in [0, 0.05) is 13.0 Å². The molecule has 2 saturated heterocycles. The van der Waals surface area contributed by atoms with Crippen LogP contribution in [0.25, 0.3) is 0 Å². The summed E-state index contributed by atoms with van der Waals surface area (Å²) in [5, 5.41) is 105. The highest BCUT2D eigenvalue weighted by Gasteiger charge is 2.78. The van der Waals surface area contributed by atoms with Crippen molar-refractivity contribution >= 4 is 5.97 Å². The molecule has 15 heteroatoms. The maximum atomic E-state index is 12.2. The molecule has 15 nitrogen and oxygen atoms in total. The number of carbonyl (C=O) groups is 1. The highest BCUT2D eigenvalue weighted by atomic mass is 16.8. The number of aliphatic hydroxyl groups excluding tert-OH is 2. The summed E-state index contributed by atoms with van der Waals surface area (Å²) in [6, 6.07) is 0. The third-order valence-corrected chi connectivity index (χ3v) is 11.4. The number of ether oxygens (including phenoxy) is 4. The van der Waals surface area contributed by atoms with Crippen LogP contribution in [0.1, 0.15) is 133 Å². The van der Waals surface area contributed by atoms with Gasteiger partial charge in [0.25, 0.3) is 0 Å². The van der Waals surface area contributed by atoms with Crippen molar-refractivity contribution in [2.45, 2.75) is 190 Å². The third kappa shape index (κ3) is 7.99. The van der Waals surface area contributed by atoms with Crippen LogP contribution in [0.4, 0.5) is 0 Å². The van der Waals surface area contributed by atoms with Crippen LogP contribution in [0, 0.1) is 0 Å². The molecular formula is C34H66O15. The van der Waals surface area contributed by atoms with E-state index >= 15 is 0 Å². The van der Waals surface area contributed by atoms with E-state index in [2.05, 4.69) is 6.92 Å². The number of rotatable bonds is 15. The Morgan fingerprint density at radius 3 is 1.31 bits per heavy atom. The van der Waals surface area contributed by atoms with Crippen LogP contribution in [-0.2, 0) is 23.7 Å². The lowest BCUT2D eigenvalue weighted by atomic mass is 9.64. The van der Waals surface area contributed by atoms with E-state index in [0.717, 1.165) is 79.6 Å². The van der Waals surface area contributed by atoms with Crippen LogP contribution in [0.5, 0.6) is 0 Å². The van der Waals surface area contributed by atoms with E-state index in [4.69, 9.17) is 18.9 Å². The number of aliphatic hydroxyl groups is 10. The molecule has 49 heavy (non-hydrogen) atoms. The monoisotopic (exact) mass is 714 g/mol. The Kier molecular flexibility index (Phi) is 14.9. The zero-order valence-corrected chi connectivity index (χ0v) is 31.2. The summed E-state index contributed by atoms with van der Waals surface area (Å²) in [4.78, 5) is 12.2. The first-order chi connectivity index (χ1) is 22.1. The van der Waals surface area contributed by atoms with E-state index in [1.165, 1.54) is 20.8 Å². The number of hydrogen-bond acceptors (Lipinski definition) is 15. The zero-order valence-electron chi connectivity index (χ0n) is 31.2. The van der Waals surface area contributed by atoms with E-state index < -0.39 is 75.9 Å². The van der Waals surface area contributed by atoms with Gasteiger partial charge in [-0.1, -0.05) is 58.8 Å². The molecule has 0 aromatic rings. The summed E-state index contributed by atoms with van der Waals surface area (Å²) in [5.41, 5.74) is -13.0. The minimum Gasteiger partial charge on any atom is -0.450 e. The van der Waals surface area contributed by atoms with Crippen molar-refractivity contribution in [3.63, 3.8) is 0 Å². The van der Waals surface area contributed by atoms with Crippen LogP contribution < -0.4 is 0 Å². The maximum Gasteiger partial charge on any atom is 0.306 e. The first kappa shape index (κ1) is 46.0. The standard InChI is InChI=1S/C17H32O8.C17H34O7/c1-6-7-8-9-10-12(19)24-15(4)13(2,20)14(3,21)16(5,22)25-17(15,23)11-18;1-6-7-8-9-10-11-23-15(4)13(2,19)14(3,20)16(5,21)24-17(15,22)12-18/h18,20-23H,6-11H2,1-5H3;18-22H,6-12H2,1-5H3/t2*13-,14?,15+,16+,17?/m11/s1. The van der Waals surface area contributed by atoms with Gasteiger partial charge in [0.15, 0.2) is 22.8 Å². The normalized spacial score (nSPS) is 45.4. The average molecular weight is 715 g/mol. The van der Waals surface area contributed by atoms with Gasteiger partial charge in [-0.05, 0) is 68.2 Å². The van der Waals surface area contributed by atoms with Crippen LogP contribution in [0.2, 0.25) is 0 Å². The summed E-state index contributed by atoms with van der Waals surface area (Å²) in [6.07, 6.45) is 8.32. The molecule has 2 aliphatic rings. The lowest BCUT2D eigenvalue weighted by Gasteiger charge is -2.64. The minimum absolute atomic E-state index is 0.0473. The predicted octanol–water partition coefficient (Wildman–Crippen LogP) is 0.834. The molecule has 10 N–H and O–H groups in total. The molecule has 0 aliphatic carbocycles. The molecule has 2 heterocycles. The summed E-state index contributed by atoms with van der Waals surface area (Å²) in [7, 11) is 0. The summed E-state index contributed by atoms with van der Waals surface area (Å²) >= 11 is 0. The Bertz CT molecular complexity index is 1070. The highest BCUT2D eigenvalue weighted by molar-refractivity contribution is 5.70. The van der Waals surface area contributed by atoms with Gasteiger partial charge in [-0.3, -0.25) is 4.79 Å². The van der Waals surface area contributed by atoms with Crippen LogP contribution in [0.15, 0.2) is 0 Å². The Morgan fingerprint density at radius 1 is 0.531 bits per heavy atom. The molecule has 2 rings (SSSR count). The van der Waals surface area contributed by atoms with E-state index in [-0.39, 0.29) is 13.0 Å². The van der Waals surface area contributed by atoms with Gasteiger partial charge in [0.1, 0.15) is 35.6 Å². The molecular weight excluding hydrogens is 648 g/mol. The SMILES string of the molecule is CCCCCCC(=O)O[C@]1(C)C(O)(CO)O[C@](C)(O)C(C)(O)[C@@]1(C)O.CCCCCCCO[C@]1(C)C(O)(CO)O[C@](C)(O)C(C)(O)[C@@]1(C)O. The molecule has 0 spiro atoms. The quantitative estimate of drug-likeness (QED) is 0.0833. The lowest BCUT2D eigenvalue weighted by molar-refractivity contribution is -0.498. The molecule has 292 valence electrons. The Balaban J connectivity index is 0.000000490. The Hall–Kier alpha value is -1.05. The van der Waals surface area contributed by atoms with Gasteiger partial charge >= 0.3 is 5.97 Å².